The summed E-state index contributed by atoms with van der Waals surface area (Å²) in [5, 5.41) is 3.26. The summed E-state index contributed by atoms with van der Waals surface area (Å²) in [7, 11) is 1.93. The van der Waals surface area contributed by atoms with Gasteiger partial charge in [-0.1, -0.05) is 18.2 Å². The number of nitrogens with zero attached hydrogens (tertiary/aromatic N) is 2. The Morgan fingerprint density at radius 3 is 2.35 bits per heavy atom. The van der Waals surface area contributed by atoms with E-state index >= 15 is 0 Å². The molecular formula is C14H17N3. The van der Waals surface area contributed by atoms with Gasteiger partial charge >= 0.3 is 0 Å². The Morgan fingerprint density at radius 1 is 1.06 bits per heavy atom. The van der Waals surface area contributed by atoms with E-state index in [9.17, 15) is 0 Å². The Kier molecular flexibility index (Phi) is 3.49. The molecule has 0 saturated carbocycles. The second-order valence-electron chi connectivity index (χ2n) is 4.17. The molecule has 2 aromatic rings. The average molecular weight is 227 g/mol. The zero-order valence-electron chi connectivity index (χ0n) is 10.4. The van der Waals surface area contributed by atoms with Gasteiger partial charge in [0.25, 0.3) is 0 Å². The van der Waals surface area contributed by atoms with Gasteiger partial charge in [0.05, 0.1) is 6.04 Å². The molecule has 17 heavy (non-hydrogen) atoms. The summed E-state index contributed by atoms with van der Waals surface area (Å²) in [6.45, 7) is 4.24. The number of benzene rings is 1. The van der Waals surface area contributed by atoms with Crippen molar-refractivity contribution in [1.82, 2.24) is 15.3 Å². The number of hydrogen-bond acceptors (Lipinski definition) is 3. The van der Waals surface area contributed by atoms with Crippen molar-refractivity contribution in [1.29, 1.82) is 0 Å². The molecule has 1 aromatic carbocycles. The van der Waals surface area contributed by atoms with Crippen molar-refractivity contribution in [2.24, 2.45) is 0 Å². The van der Waals surface area contributed by atoms with Crippen molar-refractivity contribution in [2.45, 2.75) is 19.9 Å². The maximum Gasteiger partial charge on any atom is 0.149 e. The smallest absolute Gasteiger partial charge is 0.149 e. The van der Waals surface area contributed by atoms with Crippen molar-refractivity contribution in [3.05, 3.63) is 59.2 Å². The van der Waals surface area contributed by atoms with Crippen LogP contribution < -0.4 is 5.32 Å². The molecule has 0 amide bonds. The number of rotatable bonds is 3. The van der Waals surface area contributed by atoms with E-state index in [4.69, 9.17) is 0 Å². The van der Waals surface area contributed by atoms with Crippen molar-refractivity contribution in [2.75, 3.05) is 7.05 Å². The number of aromatic nitrogens is 2. The van der Waals surface area contributed by atoms with Gasteiger partial charge in [0.15, 0.2) is 0 Å². The fourth-order valence-corrected chi connectivity index (χ4v) is 1.85. The first-order chi connectivity index (χ1) is 8.22. The van der Waals surface area contributed by atoms with Crippen LogP contribution in [-0.4, -0.2) is 17.0 Å². The zero-order chi connectivity index (χ0) is 12.3. The minimum absolute atomic E-state index is 0.0514. The van der Waals surface area contributed by atoms with Gasteiger partial charge in [0.2, 0.25) is 0 Å². The van der Waals surface area contributed by atoms with E-state index in [0.29, 0.717) is 0 Å². The third kappa shape index (κ3) is 2.50. The van der Waals surface area contributed by atoms with E-state index in [1.165, 1.54) is 16.7 Å². The van der Waals surface area contributed by atoms with Crippen LogP contribution >= 0.6 is 0 Å². The molecule has 0 bridgehead atoms. The van der Waals surface area contributed by atoms with E-state index in [1.807, 2.05) is 13.1 Å². The van der Waals surface area contributed by atoms with Crippen LogP contribution in [0.2, 0.25) is 0 Å². The Labute approximate surface area is 102 Å². The van der Waals surface area contributed by atoms with Crippen LogP contribution in [0.5, 0.6) is 0 Å². The molecule has 0 spiro atoms. The normalized spacial score (nSPS) is 12.4. The van der Waals surface area contributed by atoms with Crippen LogP contribution in [0.4, 0.5) is 0 Å². The summed E-state index contributed by atoms with van der Waals surface area (Å²) in [4.78, 5) is 8.61. The highest BCUT2D eigenvalue weighted by molar-refractivity contribution is 5.34. The fourth-order valence-electron chi connectivity index (χ4n) is 1.85. The molecule has 88 valence electrons. The van der Waals surface area contributed by atoms with E-state index < -0.39 is 0 Å². The summed E-state index contributed by atoms with van der Waals surface area (Å²) in [5.41, 5.74) is 3.79. The number of hydrogen-bond donors (Lipinski definition) is 1. The van der Waals surface area contributed by atoms with Gasteiger partial charge in [0, 0.05) is 12.4 Å². The van der Waals surface area contributed by atoms with Gasteiger partial charge in [0.1, 0.15) is 5.82 Å². The van der Waals surface area contributed by atoms with Crippen LogP contribution in [0.3, 0.4) is 0 Å². The van der Waals surface area contributed by atoms with Crippen molar-refractivity contribution < 1.29 is 0 Å². The third-order valence-electron chi connectivity index (χ3n) is 3.00. The molecule has 1 heterocycles. The molecule has 3 heteroatoms. The van der Waals surface area contributed by atoms with Gasteiger partial charge in [-0.2, -0.15) is 0 Å². The summed E-state index contributed by atoms with van der Waals surface area (Å²) in [5.74, 6) is 0.804. The monoisotopic (exact) mass is 227 g/mol. The van der Waals surface area contributed by atoms with Gasteiger partial charge in [-0.25, -0.2) is 9.97 Å². The standard InChI is InChI=1S/C14H17N3/c1-10-5-6-12(9-11(10)2)13(15-3)14-16-7-4-8-17-14/h4-9,13,15H,1-3H3. The molecular weight excluding hydrogens is 210 g/mol. The highest BCUT2D eigenvalue weighted by Gasteiger charge is 2.14. The molecule has 1 atom stereocenters. The maximum absolute atomic E-state index is 4.30. The predicted octanol–water partition coefficient (Wildman–Crippen LogP) is 2.40. The Morgan fingerprint density at radius 2 is 1.76 bits per heavy atom. The lowest BCUT2D eigenvalue weighted by molar-refractivity contribution is 0.645. The molecule has 0 aliphatic rings. The van der Waals surface area contributed by atoms with Crippen molar-refractivity contribution >= 4 is 0 Å². The van der Waals surface area contributed by atoms with Crippen LogP contribution in [0.25, 0.3) is 0 Å². The molecule has 1 N–H and O–H groups in total. The highest BCUT2D eigenvalue weighted by atomic mass is 15.0. The average Bonchev–Trinajstić information content (AvgIpc) is 2.36. The predicted molar refractivity (Wildman–Crippen MR) is 68.9 cm³/mol. The highest BCUT2D eigenvalue weighted by Crippen LogP contribution is 2.20. The van der Waals surface area contributed by atoms with Crippen LogP contribution in [0.1, 0.15) is 28.6 Å². The molecule has 2 rings (SSSR count). The van der Waals surface area contributed by atoms with E-state index in [-0.39, 0.29) is 6.04 Å². The minimum atomic E-state index is 0.0514. The molecule has 0 radical (unpaired) electrons. The lowest BCUT2D eigenvalue weighted by Gasteiger charge is -2.16. The second-order valence-corrected chi connectivity index (χ2v) is 4.17. The van der Waals surface area contributed by atoms with Crippen molar-refractivity contribution in [3.8, 4) is 0 Å². The van der Waals surface area contributed by atoms with E-state index in [2.05, 4.69) is 47.3 Å². The SMILES string of the molecule is CNC(c1ccc(C)c(C)c1)c1ncccn1. The first-order valence-electron chi connectivity index (χ1n) is 5.73. The topological polar surface area (TPSA) is 37.8 Å². The summed E-state index contributed by atoms with van der Waals surface area (Å²) >= 11 is 0. The first kappa shape index (κ1) is 11.7. The summed E-state index contributed by atoms with van der Waals surface area (Å²) in [6.07, 6.45) is 3.54. The molecule has 0 saturated heterocycles. The largest absolute Gasteiger partial charge is 0.307 e. The van der Waals surface area contributed by atoms with E-state index in [0.717, 1.165) is 5.82 Å². The number of aryl methyl sites for hydroxylation is 2. The Hall–Kier alpha value is -1.74. The number of nitrogens with one attached hydrogen (secondary N) is 1. The Balaban J connectivity index is 2.39. The zero-order valence-corrected chi connectivity index (χ0v) is 10.4. The molecule has 3 nitrogen and oxygen atoms in total. The minimum Gasteiger partial charge on any atom is -0.307 e. The lowest BCUT2D eigenvalue weighted by Crippen LogP contribution is -2.20. The fraction of sp³-hybridized carbons (Fsp3) is 0.286. The first-order valence-corrected chi connectivity index (χ1v) is 5.73. The molecule has 0 aliphatic heterocycles. The van der Waals surface area contributed by atoms with Crippen LogP contribution in [0, 0.1) is 13.8 Å². The van der Waals surface area contributed by atoms with Crippen LogP contribution in [0.15, 0.2) is 36.7 Å². The van der Waals surface area contributed by atoms with Gasteiger partial charge in [-0.3, -0.25) is 0 Å². The quantitative estimate of drug-likeness (QED) is 0.875. The molecule has 1 aromatic heterocycles. The second kappa shape index (κ2) is 5.06. The van der Waals surface area contributed by atoms with E-state index in [1.54, 1.807) is 12.4 Å². The third-order valence-corrected chi connectivity index (χ3v) is 3.00. The van der Waals surface area contributed by atoms with Gasteiger partial charge < -0.3 is 5.32 Å². The van der Waals surface area contributed by atoms with Crippen LogP contribution in [-0.2, 0) is 0 Å². The molecule has 0 fully saturated rings. The summed E-state index contributed by atoms with van der Waals surface area (Å²) in [6, 6.07) is 8.33. The summed E-state index contributed by atoms with van der Waals surface area (Å²) < 4.78 is 0. The van der Waals surface area contributed by atoms with Crippen molar-refractivity contribution in [3.63, 3.8) is 0 Å². The Bertz CT molecular complexity index is 494. The molecule has 0 aliphatic carbocycles. The van der Waals surface area contributed by atoms with Gasteiger partial charge in [-0.15, -0.1) is 0 Å². The van der Waals surface area contributed by atoms with Gasteiger partial charge in [-0.05, 0) is 43.7 Å². The lowest BCUT2D eigenvalue weighted by atomic mass is 10.0. The maximum atomic E-state index is 4.30. The molecule has 1 unspecified atom stereocenters.